The summed E-state index contributed by atoms with van der Waals surface area (Å²) in [5, 5.41) is 22.2. The molecule has 0 heterocycles. The van der Waals surface area contributed by atoms with E-state index < -0.39 is 52.9 Å². The second-order valence-electron chi connectivity index (χ2n) is 21.5. The number of benzene rings is 2. The molecule has 0 aliphatic carbocycles. The van der Waals surface area contributed by atoms with Gasteiger partial charge in [0.25, 0.3) is 0 Å². The lowest BCUT2D eigenvalue weighted by molar-refractivity contribution is -0.156. The van der Waals surface area contributed by atoms with Gasteiger partial charge in [0.15, 0.2) is 0 Å². The molecule has 63 heavy (non-hydrogen) atoms. The van der Waals surface area contributed by atoms with Gasteiger partial charge in [-0.3, -0.25) is 4.79 Å². The van der Waals surface area contributed by atoms with E-state index in [-0.39, 0.29) is 48.6 Å². The van der Waals surface area contributed by atoms with E-state index in [0.717, 1.165) is 19.3 Å². The standard InChI is InChI=1S/C53H86O10/c1-14-15-16-17-18-19-20-21-22-23-24-25-26-27-28-29-45(54)61-35-40(60-37-47(56)63-39-32-43(52(8,9)10)49(58)44(33-39)53(11,12)13)34-59-36-46(55)62-38-30-41(50(2,3)4)48(57)42(31-38)51(5,6)7/h30-33,40,57-58H,14-29,34-37H2,1-13H3. The molecule has 0 amide bonds. The highest BCUT2D eigenvalue weighted by molar-refractivity contribution is 5.75. The highest BCUT2D eigenvalue weighted by Crippen LogP contribution is 2.43. The van der Waals surface area contributed by atoms with E-state index in [1.807, 2.05) is 83.1 Å². The van der Waals surface area contributed by atoms with E-state index in [4.69, 9.17) is 23.7 Å². The van der Waals surface area contributed by atoms with Crippen LogP contribution in [0.15, 0.2) is 24.3 Å². The average Bonchev–Trinajstić information content (AvgIpc) is 3.16. The third-order valence-corrected chi connectivity index (χ3v) is 11.2. The van der Waals surface area contributed by atoms with Crippen LogP contribution in [0.2, 0.25) is 0 Å². The summed E-state index contributed by atoms with van der Waals surface area (Å²) in [6, 6.07) is 6.66. The Kier molecular flexibility index (Phi) is 23.2. The SMILES string of the molecule is CCCCCCCCCCCCCCCCCC(=O)OCC(COCC(=O)Oc1cc(C(C)(C)C)c(O)c(C(C)(C)C)c1)OCC(=O)Oc1cc(C(C)(C)C)c(O)c(C(C)(C)C)c1. The predicted molar refractivity (Wildman–Crippen MR) is 253 cm³/mol. The van der Waals surface area contributed by atoms with Gasteiger partial charge in [-0.15, -0.1) is 0 Å². The Morgan fingerprint density at radius 1 is 0.476 bits per heavy atom. The van der Waals surface area contributed by atoms with Gasteiger partial charge in [0.2, 0.25) is 0 Å². The summed E-state index contributed by atoms with van der Waals surface area (Å²) in [5.41, 5.74) is 0.936. The molecule has 0 saturated carbocycles. The van der Waals surface area contributed by atoms with E-state index in [9.17, 15) is 24.6 Å². The molecule has 0 radical (unpaired) electrons. The van der Waals surface area contributed by atoms with Crippen LogP contribution >= 0.6 is 0 Å². The minimum absolute atomic E-state index is 0.169. The number of carbonyl (C=O) groups excluding carboxylic acids is 3. The molecule has 0 aliphatic heterocycles. The lowest BCUT2D eigenvalue weighted by atomic mass is 9.79. The van der Waals surface area contributed by atoms with Gasteiger partial charge in [-0.1, -0.05) is 180 Å². The first-order valence-electron chi connectivity index (χ1n) is 23.9. The third-order valence-electron chi connectivity index (χ3n) is 11.2. The van der Waals surface area contributed by atoms with Crippen LogP contribution in [0.5, 0.6) is 23.0 Å². The second-order valence-corrected chi connectivity index (χ2v) is 21.5. The van der Waals surface area contributed by atoms with Gasteiger partial charge < -0.3 is 33.9 Å². The van der Waals surface area contributed by atoms with Crippen LogP contribution < -0.4 is 9.47 Å². The summed E-state index contributed by atoms with van der Waals surface area (Å²) in [5.74, 6) is -0.814. The van der Waals surface area contributed by atoms with E-state index in [2.05, 4.69) is 6.92 Å². The maximum Gasteiger partial charge on any atom is 0.337 e. The maximum absolute atomic E-state index is 13.2. The van der Waals surface area contributed by atoms with Gasteiger partial charge in [0.1, 0.15) is 48.9 Å². The Balaban J connectivity index is 2.00. The first-order chi connectivity index (χ1) is 29.3. The number of ether oxygens (including phenoxy) is 5. The molecule has 1 unspecified atom stereocenters. The number of phenols is 2. The molecule has 0 bridgehead atoms. The molecule has 1 atom stereocenters. The Morgan fingerprint density at radius 2 is 0.810 bits per heavy atom. The van der Waals surface area contributed by atoms with Gasteiger partial charge in [0, 0.05) is 28.7 Å². The van der Waals surface area contributed by atoms with Crippen LogP contribution in [0, 0.1) is 0 Å². The normalized spacial score (nSPS) is 12.9. The summed E-state index contributed by atoms with van der Waals surface area (Å²) in [6.07, 6.45) is 17.9. The molecule has 2 N–H and O–H groups in total. The van der Waals surface area contributed by atoms with Crippen molar-refractivity contribution in [2.45, 2.75) is 221 Å². The molecular formula is C53H86O10. The average molecular weight is 883 g/mol. The lowest BCUT2D eigenvalue weighted by Crippen LogP contribution is -2.32. The topological polar surface area (TPSA) is 138 Å². The van der Waals surface area contributed by atoms with E-state index in [1.165, 1.54) is 77.0 Å². The largest absolute Gasteiger partial charge is 0.507 e. The fourth-order valence-electron chi connectivity index (χ4n) is 7.45. The monoisotopic (exact) mass is 883 g/mol. The summed E-state index contributed by atoms with van der Waals surface area (Å²) in [7, 11) is 0. The summed E-state index contributed by atoms with van der Waals surface area (Å²) >= 11 is 0. The predicted octanol–water partition coefficient (Wildman–Crippen LogP) is 13.0. The molecule has 10 heteroatoms. The highest BCUT2D eigenvalue weighted by atomic mass is 16.6. The summed E-state index contributed by atoms with van der Waals surface area (Å²) in [4.78, 5) is 39.0. The number of carbonyl (C=O) groups is 3. The number of esters is 3. The van der Waals surface area contributed by atoms with Crippen molar-refractivity contribution < 1.29 is 48.3 Å². The van der Waals surface area contributed by atoms with Crippen molar-refractivity contribution in [1.29, 1.82) is 0 Å². The third kappa shape index (κ3) is 21.3. The quantitative estimate of drug-likeness (QED) is 0.0506. The zero-order chi connectivity index (χ0) is 47.4. The molecule has 358 valence electrons. The minimum Gasteiger partial charge on any atom is -0.507 e. The molecule has 2 aromatic rings. The van der Waals surface area contributed by atoms with Crippen molar-refractivity contribution in [1.82, 2.24) is 0 Å². The molecule has 0 saturated heterocycles. The number of hydrogen-bond donors (Lipinski definition) is 2. The molecule has 0 fully saturated rings. The van der Waals surface area contributed by atoms with E-state index >= 15 is 0 Å². The van der Waals surface area contributed by atoms with Crippen molar-refractivity contribution in [2.75, 3.05) is 26.4 Å². The molecule has 0 spiro atoms. The Bertz CT molecular complexity index is 1630. The summed E-state index contributed by atoms with van der Waals surface area (Å²) in [6.45, 7) is 24.7. The minimum atomic E-state index is -0.890. The van der Waals surface area contributed by atoms with Gasteiger partial charge >= 0.3 is 17.9 Å². The number of unbranched alkanes of at least 4 members (excludes halogenated alkanes) is 14. The van der Waals surface area contributed by atoms with Crippen LogP contribution in [0.4, 0.5) is 0 Å². The van der Waals surface area contributed by atoms with E-state index in [0.29, 0.717) is 22.3 Å². The number of phenolic OH excluding ortho intramolecular Hbond substituents is 2. The fourth-order valence-corrected chi connectivity index (χ4v) is 7.45. The number of rotatable bonds is 27. The fraction of sp³-hybridized carbons (Fsp3) is 0.717. The number of aromatic hydroxyl groups is 2. The molecule has 0 aromatic heterocycles. The van der Waals surface area contributed by atoms with Crippen molar-refractivity contribution in [2.24, 2.45) is 0 Å². The van der Waals surface area contributed by atoms with Crippen LogP contribution in [-0.4, -0.2) is 60.7 Å². The summed E-state index contributed by atoms with van der Waals surface area (Å²) < 4.78 is 28.6. The lowest BCUT2D eigenvalue weighted by Gasteiger charge is -2.28. The molecule has 2 rings (SSSR count). The smallest absolute Gasteiger partial charge is 0.337 e. The van der Waals surface area contributed by atoms with Crippen molar-refractivity contribution in [3.63, 3.8) is 0 Å². The van der Waals surface area contributed by atoms with Crippen LogP contribution in [0.25, 0.3) is 0 Å². The molecule has 10 nitrogen and oxygen atoms in total. The zero-order valence-corrected chi connectivity index (χ0v) is 41.7. The highest BCUT2D eigenvalue weighted by Gasteiger charge is 2.29. The molecule has 2 aromatic carbocycles. The van der Waals surface area contributed by atoms with Gasteiger partial charge in [-0.2, -0.15) is 0 Å². The Labute approximate surface area is 381 Å². The van der Waals surface area contributed by atoms with Crippen molar-refractivity contribution >= 4 is 17.9 Å². The van der Waals surface area contributed by atoms with Crippen molar-refractivity contribution in [3.8, 4) is 23.0 Å². The zero-order valence-electron chi connectivity index (χ0n) is 41.7. The molecular weight excluding hydrogens is 797 g/mol. The Morgan fingerprint density at radius 3 is 1.16 bits per heavy atom. The van der Waals surface area contributed by atoms with Crippen LogP contribution in [0.1, 0.15) is 215 Å². The second kappa shape index (κ2) is 26.4. The van der Waals surface area contributed by atoms with Gasteiger partial charge in [0.05, 0.1) is 6.61 Å². The van der Waals surface area contributed by atoms with Crippen LogP contribution in [-0.2, 0) is 50.3 Å². The first kappa shape index (κ1) is 55.5. The van der Waals surface area contributed by atoms with Gasteiger partial charge in [-0.25, -0.2) is 9.59 Å². The molecule has 0 aliphatic rings. The van der Waals surface area contributed by atoms with Crippen LogP contribution in [0.3, 0.4) is 0 Å². The van der Waals surface area contributed by atoms with E-state index in [1.54, 1.807) is 24.3 Å². The first-order valence-corrected chi connectivity index (χ1v) is 23.9. The van der Waals surface area contributed by atoms with Gasteiger partial charge in [-0.05, 0) is 52.3 Å². The number of hydrogen-bond acceptors (Lipinski definition) is 10. The Hall–Kier alpha value is -3.63. The maximum atomic E-state index is 13.2. The van der Waals surface area contributed by atoms with Crippen molar-refractivity contribution in [3.05, 3.63) is 46.5 Å².